The summed E-state index contributed by atoms with van der Waals surface area (Å²) in [5, 5.41) is 10.6. The van der Waals surface area contributed by atoms with E-state index in [0.29, 0.717) is 16.9 Å². The average Bonchev–Trinajstić information content (AvgIpc) is 3.20. The first-order chi connectivity index (χ1) is 11.3. The van der Waals surface area contributed by atoms with Crippen molar-refractivity contribution in [2.75, 3.05) is 0 Å². The number of thioether (sulfide) groups is 1. The Morgan fingerprint density at radius 3 is 2.78 bits per heavy atom. The Balaban J connectivity index is 1.56. The summed E-state index contributed by atoms with van der Waals surface area (Å²) in [7, 11) is 0. The maximum absolute atomic E-state index is 6.16. The van der Waals surface area contributed by atoms with Gasteiger partial charge >= 0.3 is 0 Å². The predicted octanol–water partition coefficient (Wildman–Crippen LogP) is 5.16. The molecule has 0 bridgehead atoms. The number of para-hydroxylation sites is 1. The number of rotatable bonds is 4. The van der Waals surface area contributed by atoms with Gasteiger partial charge in [-0.25, -0.2) is 0 Å². The molecular weight excluding hydrogens is 330 g/mol. The third-order valence-corrected chi connectivity index (χ3v) is 4.77. The van der Waals surface area contributed by atoms with Gasteiger partial charge in [-0.05, 0) is 17.7 Å². The number of hydrogen-bond donors (Lipinski definition) is 1. The van der Waals surface area contributed by atoms with Crippen LogP contribution in [0.2, 0.25) is 5.02 Å². The van der Waals surface area contributed by atoms with Gasteiger partial charge in [-0.2, -0.15) is 0 Å². The number of fused-ring (bicyclic) bond motifs is 1. The standard InChI is InChI=1S/C17H12ClN3OS/c18-14-7-3-1-5-11(14)10-23-17-21-20-16(22-17)13-9-19-15-8-4-2-6-12(13)15/h1-9,19H,10H2. The van der Waals surface area contributed by atoms with Crippen molar-refractivity contribution >= 4 is 34.3 Å². The van der Waals surface area contributed by atoms with Crippen molar-refractivity contribution in [3.63, 3.8) is 0 Å². The molecule has 0 atom stereocenters. The molecule has 0 unspecified atom stereocenters. The first kappa shape index (κ1) is 14.4. The monoisotopic (exact) mass is 341 g/mol. The minimum absolute atomic E-state index is 0.518. The Kier molecular flexibility index (Phi) is 3.81. The van der Waals surface area contributed by atoms with Crippen LogP contribution in [0.25, 0.3) is 22.4 Å². The Hall–Kier alpha value is -2.24. The Labute approximate surface area is 141 Å². The summed E-state index contributed by atoms with van der Waals surface area (Å²) in [6.07, 6.45) is 1.89. The average molecular weight is 342 g/mol. The lowest BCUT2D eigenvalue weighted by Crippen LogP contribution is -1.81. The summed E-state index contributed by atoms with van der Waals surface area (Å²) in [5.41, 5.74) is 3.01. The highest BCUT2D eigenvalue weighted by molar-refractivity contribution is 7.98. The van der Waals surface area contributed by atoms with Gasteiger partial charge in [0.1, 0.15) is 0 Å². The molecule has 114 valence electrons. The quantitative estimate of drug-likeness (QED) is 0.521. The molecule has 0 radical (unpaired) electrons. The number of nitrogens with one attached hydrogen (secondary N) is 1. The second-order valence-electron chi connectivity index (χ2n) is 5.00. The van der Waals surface area contributed by atoms with E-state index in [1.54, 1.807) is 0 Å². The van der Waals surface area contributed by atoms with Gasteiger partial charge in [0, 0.05) is 27.9 Å². The molecule has 0 aliphatic heterocycles. The van der Waals surface area contributed by atoms with Crippen LogP contribution in [0.15, 0.2) is 64.4 Å². The Morgan fingerprint density at radius 1 is 1.04 bits per heavy atom. The summed E-state index contributed by atoms with van der Waals surface area (Å²) in [6.45, 7) is 0. The zero-order valence-electron chi connectivity index (χ0n) is 12.0. The van der Waals surface area contributed by atoms with E-state index in [0.717, 1.165) is 27.1 Å². The molecule has 0 aliphatic carbocycles. The molecule has 2 heterocycles. The van der Waals surface area contributed by atoms with Crippen molar-refractivity contribution in [2.45, 2.75) is 11.0 Å². The molecule has 0 fully saturated rings. The third-order valence-electron chi connectivity index (χ3n) is 3.54. The summed E-state index contributed by atoms with van der Waals surface area (Å²) in [6, 6.07) is 15.8. The van der Waals surface area contributed by atoms with Crippen LogP contribution < -0.4 is 0 Å². The van der Waals surface area contributed by atoms with Crippen LogP contribution in [0, 0.1) is 0 Å². The van der Waals surface area contributed by atoms with E-state index in [-0.39, 0.29) is 0 Å². The van der Waals surface area contributed by atoms with Crippen LogP contribution in [-0.2, 0) is 5.75 Å². The summed E-state index contributed by atoms with van der Waals surface area (Å²) >= 11 is 7.63. The fraction of sp³-hybridized carbons (Fsp3) is 0.0588. The summed E-state index contributed by atoms with van der Waals surface area (Å²) in [5.74, 6) is 1.21. The lowest BCUT2D eigenvalue weighted by Gasteiger charge is -2.00. The van der Waals surface area contributed by atoms with Crippen LogP contribution in [0.1, 0.15) is 5.56 Å². The van der Waals surface area contributed by atoms with E-state index in [4.69, 9.17) is 16.0 Å². The molecule has 0 saturated heterocycles. The first-order valence-electron chi connectivity index (χ1n) is 7.07. The smallest absolute Gasteiger partial charge is 0.277 e. The van der Waals surface area contributed by atoms with E-state index < -0.39 is 0 Å². The van der Waals surface area contributed by atoms with Crippen molar-refractivity contribution in [1.82, 2.24) is 15.2 Å². The predicted molar refractivity (Wildman–Crippen MR) is 92.6 cm³/mol. The van der Waals surface area contributed by atoms with Crippen molar-refractivity contribution in [3.05, 3.63) is 65.3 Å². The van der Waals surface area contributed by atoms with Crippen molar-refractivity contribution in [2.24, 2.45) is 0 Å². The molecule has 23 heavy (non-hydrogen) atoms. The molecule has 1 N–H and O–H groups in total. The SMILES string of the molecule is Clc1ccccc1CSc1nnc(-c2c[nH]c3ccccc23)o1. The highest BCUT2D eigenvalue weighted by atomic mass is 35.5. The fourth-order valence-corrected chi connectivity index (χ4v) is 3.43. The zero-order chi connectivity index (χ0) is 15.6. The molecule has 2 aromatic carbocycles. The molecule has 0 amide bonds. The van der Waals surface area contributed by atoms with Gasteiger partial charge in [-0.3, -0.25) is 0 Å². The zero-order valence-corrected chi connectivity index (χ0v) is 13.6. The lowest BCUT2D eigenvalue weighted by molar-refractivity contribution is 0.466. The first-order valence-corrected chi connectivity index (χ1v) is 8.44. The van der Waals surface area contributed by atoms with Gasteiger partial charge in [-0.15, -0.1) is 10.2 Å². The second-order valence-corrected chi connectivity index (χ2v) is 6.33. The summed E-state index contributed by atoms with van der Waals surface area (Å²) in [4.78, 5) is 3.21. The van der Waals surface area contributed by atoms with E-state index in [1.165, 1.54) is 11.8 Å². The van der Waals surface area contributed by atoms with Crippen molar-refractivity contribution < 1.29 is 4.42 Å². The Bertz CT molecular complexity index is 963. The van der Waals surface area contributed by atoms with Crippen molar-refractivity contribution in [3.8, 4) is 11.5 Å². The minimum atomic E-state index is 0.518. The van der Waals surface area contributed by atoms with Gasteiger partial charge in [0.2, 0.25) is 0 Å². The number of aromatic nitrogens is 3. The number of nitrogens with zero attached hydrogens (tertiary/aromatic N) is 2. The van der Waals surface area contributed by atoms with Crippen LogP contribution in [0.3, 0.4) is 0 Å². The number of H-pyrrole nitrogens is 1. The molecule has 6 heteroatoms. The highest BCUT2D eigenvalue weighted by Gasteiger charge is 2.13. The topological polar surface area (TPSA) is 54.7 Å². The van der Waals surface area contributed by atoms with Gasteiger partial charge in [0.05, 0.1) is 5.56 Å². The number of halogens is 1. The third kappa shape index (κ3) is 2.85. The minimum Gasteiger partial charge on any atom is -0.411 e. The van der Waals surface area contributed by atoms with E-state index in [2.05, 4.69) is 15.2 Å². The number of benzene rings is 2. The maximum atomic E-state index is 6.16. The Morgan fingerprint density at radius 2 is 1.87 bits per heavy atom. The largest absolute Gasteiger partial charge is 0.411 e. The van der Waals surface area contributed by atoms with E-state index >= 15 is 0 Å². The maximum Gasteiger partial charge on any atom is 0.277 e. The highest BCUT2D eigenvalue weighted by Crippen LogP contribution is 2.31. The van der Waals surface area contributed by atoms with Gasteiger partial charge in [0.25, 0.3) is 11.1 Å². The molecule has 0 saturated carbocycles. The normalized spacial score (nSPS) is 11.2. The van der Waals surface area contributed by atoms with Crippen LogP contribution >= 0.6 is 23.4 Å². The van der Waals surface area contributed by atoms with Crippen LogP contribution in [0.5, 0.6) is 0 Å². The molecular formula is C17H12ClN3OS. The van der Waals surface area contributed by atoms with E-state index in [1.807, 2.05) is 54.7 Å². The molecule has 0 aliphatic rings. The number of hydrogen-bond acceptors (Lipinski definition) is 4. The lowest BCUT2D eigenvalue weighted by atomic mass is 10.2. The fourth-order valence-electron chi connectivity index (χ4n) is 2.38. The molecule has 4 rings (SSSR count). The van der Waals surface area contributed by atoms with Crippen molar-refractivity contribution in [1.29, 1.82) is 0 Å². The van der Waals surface area contributed by atoms with Gasteiger partial charge in [0.15, 0.2) is 0 Å². The van der Waals surface area contributed by atoms with E-state index in [9.17, 15) is 0 Å². The molecule has 4 nitrogen and oxygen atoms in total. The second kappa shape index (κ2) is 6.10. The molecule has 0 spiro atoms. The van der Waals surface area contributed by atoms with Gasteiger partial charge < -0.3 is 9.40 Å². The van der Waals surface area contributed by atoms with Crippen LogP contribution in [0.4, 0.5) is 0 Å². The molecule has 4 aromatic rings. The number of aromatic amines is 1. The molecule has 2 aromatic heterocycles. The van der Waals surface area contributed by atoms with Crippen LogP contribution in [-0.4, -0.2) is 15.2 Å². The van der Waals surface area contributed by atoms with Gasteiger partial charge in [-0.1, -0.05) is 59.8 Å². The summed E-state index contributed by atoms with van der Waals surface area (Å²) < 4.78 is 5.78.